The van der Waals surface area contributed by atoms with Crippen molar-refractivity contribution >= 4 is 5.69 Å². The predicted molar refractivity (Wildman–Crippen MR) is 104 cm³/mol. The van der Waals surface area contributed by atoms with Gasteiger partial charge in [-0.05, 0) is 43.1 Å². The van der Waals surface area contributed by atoms with Crippen molar-refractivity contribution in [1.82, 2.24) is 10.6 Å². The van der Waals surface area contributed by atoms with E-state index in [1.807, 2.05) is 43.3 Å². The van der Waals surface area contributed by atoms with Gasteiger partial charge in [0.05, 0.1) is 0 Å². The van der Waals surface area contributed by atoms with E-state index in [0.717, 1.165) is 30.6 Å². The van der Waals surface area contributed by atoms with Crippen molar-refractivity contribution in [2.75, 3.05) is 25.5 Å². The normalized spacial score (nSPS) is 19.9. The molecule has 4 nitrogen and oxygen atoms in total. The summed E-state index contributed by atoms with van der Waals surface area (Å²) in [4.78, 5) is 1.95. The highest BCUT2D eigenvalue weighted by Crippen LogP contribution is 2.28. The van der Waals surface area contributed by atoms with Gasteiger partial charge in [-0.3, -0.25) is 0 Å². The van der Waals surface area contributed by atoms with E-state index in [4.69, 9.17) is 4.74 Å². The average molecular weight is 375 g/mol. The Labute approximate surface area is 159 Å². The third-order valence-corrected chi connectivity index (χ3v) is 4.95. The summed E-state index contributed by atoms with van der Waals surface area (Å²) in [6.45, 7) is -1.38. The summed E-state index contributed by atoms with van der Waals surface area (Å²) in [7, 11) is 3.85. The molecular formula is C21H27F2N3O. The van der Waals surface area contributed by atoms with Crippen LogP contribution in [-0.4, -0.2) is 33.3 Å². The van der Waals surface area contributed by atoms with Crippen molar-refractivity contribution in [3.63, 3.8) is 0 Å². The van der Waals surface area contributed by atoms with Gasteiger partial charge in [0.25, 0.3) is 0 Å². The number of halogens is 2. The smallest absolute Gasteiger partial charge is 0.387 e. The Morgan fingerprint density at radius 1 is 1.19 bits per heavy atom. The van der Waals surface area contributed by atoms with Gasteiger partial charge in [0.15, 0.2) is 0 Å². The summed E-state index contributed by atoms with van der Waals surface area (Å²) in [5.41, 5.74) is 2.93. The second-order valence-corrected chi connectivity index (χ2v) is 7.04. The Kier molecular flexibility index (Phi) is 6.63. The molecule has 146 valence electrons. The molecule has 1 saturated heterocycles. The molecular weight excluding hydrogens is 348 g/mol. The quantitative estimate of drug-likeness (QED) is 0.769. The molecule has 27 heavy (non-hydrogen) atoms. The van der Waals surface area contributed by atoms with Crippen LogP contribution in [0.2, 0.25) is 0 Å². The van der Waals surface area contributed by atoms with E-state index in [9.17, 15) is 8.78 Å². The van der Waals surface area contributed by atoms with Crippen LogP contribution in [0.4, 0.5) is 14.5 Å². The second-order valence-electron chi connectivity index (χ2n) is 7.04. The zero-order valence-corrected chi connectivity index (χ0v) is 15.8. The number of nitrogens with one attached hydrogen (secondary N) is 2. The van der Waals surface area contributed by atoms with Crippen molar-refractivity contribution in [3.8, 4) is 5.75 Å². The largest absolute Gasteiger partial charge is 0.434 e. The first-order chi connectivity index (χ1) is 13.0. The Morgan fingerprint density at radius 3 is 2.67 bits per heavy atom. The molecule has 2 N–H and O–H groups in total. The fourth-order valence-electron chi connectivity index (χ4n) is 3.55. The van der Waals surface area contributed by atoms with Crippen LogP contribution in [0.15, 0.2) is 48.5 Å². The number of hydrogen-bond donors (Lipinski definition) is 2. The highest BCUT2D eigenvalue weighted by Gasteiger charge is 2.26. The number of piperidine rings is 1. The summed E-state index contributed by atoms with van der Waals surface area (Å²) in [6.07, 6.45) is 2.12. The lowest BCUT2D eigenvalue weighted by Crippen LogP contribution is -2.45. The van der Waals surface area contributed by atoms with Gasteiger partial charge in [0.2, 0.25) is 0 Å². The maximum atomic E-state index is 12.8. The molecule has 0 bridgehead atoms. The lowest BCUT2D eigenvalue weighted by atomic mass is 9.92. The predicted octanol–water partition coefficient (Wildman–Crippen LogP) is 3.94. The van der Waals surface area contributed by atoms with E-state index >= 15 is 0 Å². The first-order valence-electron chi connectivity index (χ1n) is 9.31. The van der Waals surface area contributed by atoms with Crippen LogP contribution in [0.3, 0.4) is 0 Å². The van der Waals surface area contributed by atoms with Crippen LogP contribution in [-0.2, 0) is 6.54 Å². The van der Waals surface area contributed by atoms with Crippen LogP contribution >= 0.6 is 0 Å². The zero-order chi connectivity index (χ0) is 19.2. The zero-order valence-electron chi connectivity index (χ0n) is 15.8. The van der Waals surface area contributed by atoms with Gasteiger partial charge in [-0.25, -0.2) is 0 Å². The van der Waals surface area contributed by atoms with Crippen LogP contribution < -0.4 is 20.3 Å². The number of benzene rings is 2. The van der Waals surface area contributed by atoms with Gasteiger partial charge in [0.1, 0.15) is 5.75 Å². The fourth-order valence-corrected chi connectivity index (χ4v) is 3.55. The molecule has 3 rings (SSSR count). The molecule has 0 amide bonds. The Balaban J connectivity index is 1.76. The minimum atomic E-state index is -2.83. The molecule has 1 fully saturated rings. The van der Waals surface area contributed by atoms with Crippen molar-refractivity contribution in [2.24, 2.45) is 0 Å². The molecule has 1 aliphatic rings. The first kappa shape index (κ1) is 19.6. The number of ether oxygens (including phenoxy) is 1. The third kappa shape index (κ3) is 5.17. The number of rotatable bonds is 7. The topological polar surface area (TPSA) is 36.5 Å². The van der Waals surface area contributed by atoms with E-state index in [-0.39, 0.29) is 17.8 Å². The summed E-state index contributed by atoms with van der Waals surface area (Å²) in [5, 5.41) is 7.14. The monoisotopic (exact) mass is 375 g/mol. The maximum absolute atomic E-state index is 12.8. The lowest BCUT2D eigenvalue weighted by Gasteiger charge is -2.34. The van der Waals surface area contributed by atoms with Crippen molar-refractivity contribution in [3.05, 3.63) is 59.7 Å². The Morgan fingerprint density at radius 2 is 1.96 bits per heavy atom. The number of nitrogens with zero attached hydrogens (tertiary/aromatic N) is 1. The summed E-state index contributed by atoms with van der Waals surface area (Å²) < 4.78 is 30.3. The van der Waals surface area contributed by atoms with Crippen molar-refractivity contribution < 1.29 is 13.5 Å². The molecule has 0 saturated carbocycles. The fraction of sp³-hybridized carbons (Fsp3) is 0.429. The minimum absolute atomic E-state index is 0.205. The van der Waals surface area contributed by atoms with Gasteiger partial charge >= 0.3 is 6.61 Å². The number of alkyl halides is 2. The highest BCUT2D eigenvalue weighted by atomic mass is 19.3. The summed E-state index contributed by atoms with van der Waals surface area (Å²) in [6, 6.07) is 16.1. The van der Waals surface area contributed by atoms with Gasteiger partial charge in [-0.1, -0.05) is 30.3 Å². The molecule has 0 radical (unpaired) electrons. The SMILES string of the molecule is CN(C)c1ccc(OC(F)F)c(CNC2CCCNC2c2ccccc2)c1. The van der Waals surface area contributed by atoms with Gasteiger partial charge in [0, 0.05) is 44.0 Å². The highest BCUT2D eigenvalue weighted by molar-refractivity contribution is 5.52. The minimum Gasteiger partial charge on any atom is -0.434 e. The molecule has 1 aliphatic heterocycles. The molecule has 0 spiro atoms. The number of anilines is 1. The van der Waals surface area contributed by atoms with E-state index in [2.05, 4.69) is 22.8 Å². The lowest BCUT2D eigenvalue weighted by molar-refractivity contribution is -0.0505. The van der Waals surface area contributed by atoms with Crippen LogP contribution in [0.5, 0.6) is 5.75 Å². The van der Waals surface area contributed by atoms with Crippen LogP contribution in [0.25, 0.3) is 0 Å². The second kappa shape index (κ2) is 9.15. The van der Waals surface area contributed by atoms with E-state index < -0.39 is 6.61 Å². The van der Waals surface area contributed by atoms with Gasteiger partial charge in [-0.2, -0.15) is 8.78 Å². The molecule has 2 aromatic rings. The van der Waals surface area contributed by atoms with Crippen molar-refractivity contribution in [2.45, 2.75) is 38.1 Å². The third-order valence-electron chi connectivity index (χ3n) is 4.95. The Bertz CT molecular complexity index is 725. The van der Waals surface area contributed by atoms with Crippen molar-refractivity contribution in [1.29, 1.82) is 0 Å². The molecule has 0 aromatic heterocycles. The van der Waals surface area contributed by atoms with Crippen LogP contribution in [0.1, 0.15) is 30.0 Å². The molecule has 2 atom stereocenters. The summed E-state index contributed by atoms with van der Waals surface area (Å²) >= 11 is 0. The van der Waals surface area contributed by atoms with E-state index in [0.29, 0.717) is 6.54 Å². The molecule has 0 aliphatic carbocycles. The standard InChI is InChI=1S/C21H27F2N3O/c1-26(2)17-10-11-19(27-21(22)23)16(13-17)14-25-18-9-6-12-24-20(18)15-7-4-3-5-8-15/h3-5,7-8,10-11,13,18,20-21,24-25H,6,9,12,14H2,1-2H3. The number of hydrogen-bond acceptors (Lipinski definition) is 4. The van der Waals surface area contributed by atoms with E-state index in [1.165, 1.54) is 5.56 Å². The van der Waals surface area contributed by atoms with Crippen LogP contribution in [0, 0.1) is 0 Å². The Hall–Kier alpha value is -2.18. The molecule has 2 unspecified atom stereocenters. The molecule has 2 aromatic carbocycles. The average Bonchev–Trinajstić information content (AvgIpc) is 2.67. The van der Waals surface area contributed by atoms with Gasteiger partial charge in [-0.15, -0.1) is 0 Å². The molecule has 6 heteroatoms. The van der Waals surface area contributed by atoms with E-state index in [1.54, 1.807) is 12.1 Å². The summed E-state index contributed by atoms with van der Waals surface area (Å²) in [5.74, 6) is 0.225. The van der Waals surface area contributed by atoms with Gasteiger partial charge < -0.3 is 20.3 Å². The first-order valence-corrected chi connectivity index (χ1v) is 9.31. The maximum Gasteiger partial charge on any atom is 0.387 e. The molecule has 1 heterocycles.